The molecule has 0 aromatic heterocycles. The van der Waals surface area contributed by atoms with Gasteiger partial charge in [-0.15, -0.1) is 0 Å². The number of carbonyl (C=O) groups is 1. The van der Waals surface area contributed by atoms with Crippen molar-refractivity contribution >= 4 is 21.8 Å². The van der Waals surface area contributed by atoms with E-state index in [0.717, 1.165) is 36.0 Å². The number of hydrogen-bond acceptors (Lipinski definition) is 2. The van der Waals surface area contributed by atoms with Gasteiger partial charge < -0.3 is 10.0 Å². The number of hydrogen-bond donors (Lipinski definition) is 1. The largest absolute Gasteiger partial charge is 0.396 e. The topological polar surface area (TPSA) is 40.5 Å². The van der Waals surface area contributed by atoms with E-state index >= 15 is 0 Å². The Morgan fingerprint density at radius 2 is 1.89 bits per heavy atom. The maximum atomic E-state index is 12.1. The molecule has 0 bridgehead atoms. The number of halogens is 1. The molecule has 18 heavy (non-hydrogen) atoms. The summed E-state index contributed by atoms with van der Waals surface area (Å²) in [6.45, 7) is 1.80. The number of rotatable bonds is 3. The zero-order valence-corrected chi connectivity index (χ0v) is 11.9. The summed E-state index contributed by atoms with van der Waals surface area (Å²) in [5.74, 6) is 0.565. The Balaban J connectivity index is 1.87. The van der Waals surface area contributed by atoms with Gasteiger partial charge in [0.15, 0.2) is 0 Å². The van der Waals surface area contributed by atoms with Crippen molar-refractivity contribution in [2.24, 2.45) is 5.92 Å². The second-order valence-corrected chi connectivity index (χ2v) is 5.73. The van der Waals surface area contributed by atoms with Gasteiger partial charge in [-0.3, -0.25) is 4.79 Å². The van der Waals surface area contributed by atoms with E-state index in [2.05, 4.69) is 15.9 Å². The smallest absolute Gasteiger partial charge is 0.226 e. The SMILES string of the molecule is O=C(Cc1ccc(Br)cc1)N1CCC(CO)CC1. The standard InChI is InChI=1S/C14H18BrNO2/c15-13-3-1-11(2-4-13)9-14(18)16-7-5-12(10-17)6-8-16/h1-4,12,17H,5-10H2. The summed E-state index contributed by atoms with van der Waals surface area (Å²) in [6.07, 6.45) is 2.31. The molecule has 4 heteroatoms. The highest BCUT2D eigenvalue weighted by atomic mass is 79.9. The van der Waals surface area contributed by atoms with Crippen molar-refractivity contribution in [2.75, 3.05) is 19.7 Å². The first-order valence-electron chi connectivity index (χ1n) is 6.32. The first-order valence-corrected chi connectivity index (χ1v) is 7.11. The van der Waals surface area contributed by atoms with Crippen molar-refractivity contribution in [3.8, 4) is 0 Å². The zero-order valence-electron chi connectivity index (χ0n) is 10.3. The van der Waals surface area contributed by atoms with E-state index in [1.54, 1.807) is 0 Å². The molecule has 0 aliphatic carbocycles. The van der Waals surface area contributed by atoms with Gasteiger partial charge in [0.05, 0.1) is 6.42 Å². The van der Waals surface area contributed by atoms with Crippen molar-refractivity contribution in [3.05, 3.63) is 34.3 Å². The first-order chi connectivity index (χ1) is 8.69. The predicted molar refractivity (Wildman–Crippen MR) is 74.2 cm³/mol. The molecule has 1 fully saturated rings. The van der Waals surface area contributed by atoms with Crippen LogP contribution in [-0.4, -0.2) is 35.6 Å². The van der Waals surface area contributed by atoms with Gasteiger partial charge in [-0.25, -0.2) is 0 Å². The first kappa shape index (κ1) is 13.6. The summed E-state index contributed by atoms with van der Waals surface area (Å²) >= 11 is 3.38. The highest BCUT2D eigenvalue weighted by molar-refractivity contribution is 9.10. The molecule has 3 nitrogen and oxygen atoms in total. The van der Waals surface area contributed by atoms with Crippen molar-refractivity contribution in [1.29, 1.82) is 0 Å². The average molecular weight is 312 g/mol. The quantitative estimate of drug-likeness (QED) is 0.930. The van der Waals surface area contributed by atoms with E-state index in [-0.39, 0.29) is 12.5 Å². The van der Waals surface area contributed by atoms with E-state index < -0.39 is 0 Å². The summed E-state index contributed by atoms with van der Waals surface area (Å²) in [6, 6.07) is 7.87. The number of aliphatic hydroxyl groups excluding tert-OH is 1. The molecule has 0 atom stereocenters. The summed E-state index contributed by atoms with van der Waals surface area (Å²) in [4.78, 5) is 14.0. The predicted octanol–water partition coefficient (Wildman–Crippen LogP) is 2.22. The number of benzene rings is 1. The van der Waals surface area contributed by atoms with Gasteiger partial charge >= 0.3 is 0 Å². The van der Waals surface area contributed by atoms with Crippen molar-refractivity contribution in [3.63, 3.8) is 0 Å². The Morgan fingerprint density at radius 3 is 2.44 bits per heavy atom. The molecule has 1 saturated heterocycles. The third kappa shape index (κ3) is 3.56. The Bertz CT molecular complexity index is 397. The van der Waals surface area contributed by atoms with Crippen molar-refractivity contribution in [2.45, 2.75) is 19.3 Å². The summed E-state index contributed by atoms with van der Waals surface area (Å²) in [7, 11) is 0. The van der Waals surface area contributed by atoms with Gasteiger partial charge in [0, 0.05) is 24.2 Å². The third-order valence-corrected chi connectivity index (χ3v) is 4.02. The normalized spacial score (nSPS) is 16.9. The maximum absolute atomic E-state index is 12.1. The Labute approximate surface area is 116 Å². The highest BCUT2D eigenvalue weighted by Crippen LogP contribution is 2.18. The lowest BCUT2D eigenvalue weighted by Crippen LogP contribution is -2.40. The van der Waals surface area contributed by atoms with E-state index in [1.807, 2.05) is 29.2 Å². The van der Waals surface area contributed by atoms with Gasteiger partial charge in [-0.05, 0) is 36.5 Å². The molecular weight excluding hydrogens is 294 g/mol. The van der Waals surface area contributed by atoms with Crippen LogP contribution in [0.25, 0.3) is 0 Å². The van der Waals surface area contributed by atoms with Gasteiger partial charge in [0.25, 0.3) is 0 Å². The minimum absolute atomic E-state index is 0.189. The van der Waals surface area contributed by atoms with Crippen LogP contribution < -0.4 is 0 Å². The van der Waals surface area contributed by atoms with Crippen LogP contribution in [0.5, 0.6) is 0 Å². The minimum atomic E-state index is 0.189. The molecule has 2 rings (SSSR count). The molecule has 1 aromatic rings. The van der Waals surface area contributed by atoms with Crippen LogP contribution in [0.1, 0.15) is 18.4 Å². The Morgan fingerprint density at radius 1 is 1.28 bits per heavy atom. The number of carbonyl (C=O) groups excluding carboxylic acids is 1. The van der Waals surface area contributed by atoms with Crippen LogP contribution in [0.15, 0.2) is 28.7 Å². The molecule has 98 valence electrons. The van der Waals surface area contributed by atoms with Gasteiger partial charge in [0.1, 0.15) is 0 Å². The molecule has 1 amide bonds. The fraction of sp³-hybridized carbons (Fsp3) is 0.500. The Kier molecular flexibility index (Phi) is 4.78. The van der Waals surface area contributed by atoms with Crippen LogP contribution in [0.3, 0.4) is 0 Å². The molecule has 1 aliphatic heterocycles. The molecule has 1 aromatic carbocycles. The monoisotopic (exact) mass is 311 g/mol. The number of likely N-dealkylation sites (tertiary alicyclic amines) is 1. The van der Waals surface area contributed by atoms with Crippen LogP contribution in [0.2, 0.25) is 0 Å². The van der Waals surface area contributed by atoms with Crippen LogP contribution in [0.4, 0.5) is 0 Å². The summed E-state index contributed by atoms with van der Waals surface area (Å²) < 4.78 is 1.03. The minimum Gasteiger partial charge on any atom is -0.396 e. The van der Waals surface area contributed by atoms with E-state index in [4.69, 9.17) is 5.11 Å². The molecule has 0 radical (unpaired) electrons. The van der Waals surface area contributed by atoms with Crippen LogP contribution >= 0.6 is 15.9 Å². The van der Waals surface area contributed by atoms with Gasteiger partial charge in [0.2, 0.25) is 5.91 Å². The average Bonchev–Trinajstić information content (AvgIpc) is 2.41. The van der Waals surface area contributed by atoms with E-state index in [1.165, 1.54) is 0 Å². The Hall–Kier alpha value is -0.870. The number of nitrogens with zero attached hydrogens (tertiary/aromatic N) is 1. The number of aliphatic hydroxyl groups is 1. The molecular formula is C14H18BrNO2. The lowest BCUT2D eigenvalue weighted by Gasteiger charge is -2.31. The fourth-order valence-corrected chi connectivity index (χ4v) is 2.52. The molecule has 0 saturated carbocycles. The number of amides is 1. The maximum Gasteiger partial charge on any atom is 0.226 e. The molecule has 0 spiro atoms. The molecule has 0 unspecified atom stereocenters. The molecule has 1 heterocycles. The van der Waals surface area contributed by atoms with Gasteiger partial charge in [-0.1, -0.05) is 28.1 Å². The summed E-state index contributed by atoms with van der Waals surface area (Å²) in [5.41, 5.74) is 1.05. The molecule has 1 N–H and O–H groups in total. The van der Waals surface area contributed by atoms with Crippen molar-refractivity contribution in [1.82, 2.24) is 4.90 Å². The second kappa shape index (κ2) is 6.34. The van der Waals surface area contributed by atoms with Gasteiger partial charge in [-0.2, -0.15) is 0 Å². The highest BCUT2D eigenvalue weighted by Gasteiger charge is 2.22. The lowest BCUT2D eigenvalue weighted by molar-refractivity contribution is -0.132. The third-order valence-electron chi connectivity index (χ3n) is 3.49. The zero-order chi connectivity index (χ0) is 13.0. The fourth-order valence-electron chi connectivity index (χ4n) is 2.25. The lowest BCUT2D eigenvalue weighted by atomic mass is 9.97. The van der Waals surface area contributed by atoms with Crippen LogP contribution in [0, 0.1) is 5.92 Å². The number of piperidine rings is 1. The second-order valence-electron chi connectivity index (χ2n) is 4.81. The molecule has 1 aliphatic rings. The van der Waals surface area contributed by atoms with Crippen LogP contribution in [-0.2, 0) is 11.2 Å². The summed E-state index contributed by atoms with van der Waals surface area (Å²) in [5, 5.41) is 9.07. The van der Waals surface area contributed by atoms with E-state index in [9.17, 15) is 4.79 Å². The van der Waals surface area contributed by atoms with Crippen molar-refractivity contribution < 1.29 is 9.90 Å². The van der Waals surface area contributed by atoms with E-state index in [0.29, 0.717) is 12.3 Å².